The van der Waals surface area contributed by atoms with Crippen LogP contribution in [0.2, 0.25) is 0 Å². The van der Waals surface area contributed by atoms with Crippen LogP contribution >= 0.6 is 24.0 Å². The first-order valence-electron chi connectivity index (χ1n) is 11.6. The molecule has 1 N–H and O–H groups in total. The zero-order valence-corrected chi connectivity index (χ0v) is 21.2. The van der Waals surface area contributed by atoms with Gasteiger partial charge in [0.25, 0.3) is 0 Å². The van der Waals surface area contributed by atoms with Crippen molar-refractivity contribution in [1.29, 1.82) is 0 Å². The van der Waals surface area contributed by atoms with E-state index in [-0.39, 0.29) is 24.0 Å². The van der Waals surface area contributed by atoms with Crippen molar-refractivity contribution in [2.45, 2.75) is 58.1 Å². The number of likely N-dealkylation sites (tertiary alicyclic amines) is 2. The highest BCUT2D eigenvalue weighted by Gasteiger charge is 2.25. The summed E-state index contributed by atoms with van der Waals surface area (Å²) in [6.07, 6.45) is 7.81. The molecule has 2 fully saturated rings. The highest BCUT2D eigenvalue weighted by Crippen LogP contribution is 2.18. The van der Waals surface area contributed by atoms with E-state index in [0.717, 1.165) is 38.2 Å². The number of nitrogens with one attached hydrogen (secondary N) is 1. The lowest BCUT2D eigenvalue weighted by Gasteiger charge is -2.33. The molecular weight excluding hydrogens is 487 g/mol. The van der Waals surface area contributed by atoms with Gasteiger partial charge < -0.3 is 19.9 Å². The topological polar surface area (TPSA) is 40.1 Å². The minimum atomic E-state index is 0. The third-order valence-corrected chi connectivity index (χ3v) is 6.36. The van der Waals surface area contributed by atoms with Gasteiger partial charge in [0.05, 0.1) is 13.2 Å². The Labute approximate surface area is 200 Å². The average Bonchev–Trinajstić information content (AvgIpc) is 3.21. The second-order valence-electron chi connectivity index (χ2n) is 8.66. The molecule has 2 aliphatic heterocycles. The molecule has 170 valence electrons. The van der Waals surface area contributed by atoms with Crippen LogP contribution in [0.3, 0.4) is 0 Å². The number of aliphatic imine (C=N–C) groups is 1. The van der Waals surface area contributed by atoms with Gasteiger partial charge >= 0.3 is 0 Å². The second-order valence-corrected chi connectivity index (χ2v) is 8.66. The van der Waals surface area contributed by atoms with Gasteiger partial charge in [0.2, 0.25) is 0 Å². The molecule has 5 nitrogen and oxygen atoms in total. The Balaban J connectivity index is 0.00000320. The summed E-state index contributed by atoms with van der Waals surface area (Å²) in [5.74, 6) is 1.65. The number of piperidine rings is 1. The highest BCUT2D eigenvalue weighted by molar-refractivity contribution is 14.0. The van der Waals surface area contributed by atoms with Crippen LogP contribution in [-0.2, 0) is 11.3 Å². The van der Waals surface area contributed by atoms with Crippen molar-refractivity contribution >= 4 is 29.9 Å². The lowest BCUT2D eigenvalue weighted by molar-refractivity contribution is 0.0906. The van der Waals surface area contributed by atoms with E-state index in [1.54, 1.807) is 0 Å². The molecule has 0 amide bonds. The quantitative estimate of drug-likeness (QED) is 0.224. The molecule has 2 saturated heterocycles. The third kappa shape index (κ3) is 8.35. The summed E-state index contributed by atoms with van der Waals surface area (Å²) < 4.78 is 5.95. The van der Waals surface area contributed by atoms with Crippen LogP contribution in [-0.4, -0.2) is 68.2 Å². The Morgan fingerprint density at radius 1 is 1.13 bits per heavy atom. The monoisotopic (exact) mass is 528 g/mol. The summed E-state index contributed by atoms with van der Waals surface area (Å²) in [5, 5.41) is 3.58. The highest BCUT2D eigenvalue weighted by atomic mass is 127. The minimum absolute atomic E-state index is 0. The number of guanidine groups is 1. The molecule has 6 heteroatoms. The fraction of sp³-hybridized carbons (Fsp3) is 0.708. The zero-order valence-electron chi connectivity index (χ0n) is 18.9. The van der Waals surface area contributed by atoms with Crippen LogP contribution < -0.4 is 5.32 Å². The van der Waals surface area contributed by atoms with Crippen molar-refractivity contribution in [2.24, 2.45) is 10.9 Å². The summed E-state index contributed by atoms with van der Waals surface area (Å²) in [6, 6.07) is 11.2. The number of nitrogens with zero attached hydrogens (tertiary/aromatic N) is 3. The predicted molar refractivity (Wildman–Crippen MR) is 137 cm³/mol. The van der Waals surface area contributed by atoms with Gasteiger partial charge in [0.1, 0.15) is 0 Å². The van der Waals surface area contributed by atoms with Crippen LogP contribution in [0.4, 0.5) is 0 Å². The smallest absolute Gasteiger partial charge is 0.193 e. The molecule has 2 heterocycles. The SMILES string of the molecule is CN=C(NCCCCN1CCCCC1C)N1CCC(COCc2ccccc2)C1.I. The fourth-order valence-electron chi connectivity index (χ4n) is 4.54. The van der Waals surface area contributed by atoms with Crippen LogP contribution in [0.15, 0.2) is 35.3 Å². The van der Waals surface area contributed by atoms with Crippen molar-refractivity contribution in [3.63, 3.8) is 0 Å². The summed E-state index contributed by atoms with van der Waals surface area (Å²) in [4.78, 5) is 9.57. The number of benzene rings is 1. The Kier molecular flexibility index (Phi) is 12.1. The van der Waals surface area contributed by atoms with Crippen LogP contribution in [0.25, 0.3) is 0 Å². The fourth-order valence-corrected chi connectivity index (χ4v) is 4.54. The first-order valence-corrected chi connectivity index (χ1v) is 11.6. The van der Waals surface area contributed by atoms with Crippen molar-refractivity contribution in [1.82, 2.24) is 15.1 Å². The number of halogens is 1. The molecule has 0 bridgehead atoms. The Morgan fingerprint density at radius 3 is 2.73 bits per heavy atom. The van der Waals surface area contributed by atoms with Gasteiger partial charge in [0, 0.05) is 38.6 Å². The van der Waals surface area contributed by atoms with Crippen LogP contribution in [0.5, 0.6) is 0 Å². The molecule has 2 unspecified atom stereocenters. The maximum atomic E-state index is 5.95. The molecule has 0 aliphatic carbocycles. The molecular formula is C24H41IN4O. The molecule has 1 aromatic carbocycles. The number of rotatable bonds is 9. The number of hydrogen-bond donors (Lipinski definition) is 1. The average molecular weight is 529 g/mol. The van der Waals surface area contributed by atoms with E-state index in [1.165, 1.54) is 57.2 Å². The molecule has 3 rings (SSSR count). The van der Waals surface area contributed by atoms with Crippen molar-refractivity contribution in [3.8, 4) is 0 Å². The number of hydrogen-bond acceptors (Lipinski definition) is 3. The van der Waals surface area contributed by atoms with Gasteiger partial charge in [-0.15, -0.1) is 24.0 Å². The first kappa shape index (κ1) is 25.4. The molecule has 30 heavy (non-hydrogen) atoms. The zero-order chi connectivity index (χ0) is 20.3. The van der Waals surface area contributed by atoms with Gasteiger partial charge in [-0.25, -0.2) is 0 Å². The minimum Gasteiger partial charge on any atom is -0.376 e. The Bertz CT molecular complexity index is 612. The van der Waals surface area contributed by atoms with E-state index in [9.17, 15) is 0 Å². The number of ether oxygens (including phenoxy) is 1. The van der Waals surface area contributed by atoms with Gasteiger partial charge in [-0.3, -0.25) is 4.99 Å². The number of unbranched alkanes of at least 4 members (excludes halogenated alkanes) is 1. The first-order chi connectivity index (χ1) is 14.3. The van der Waals surface area contributed by atoms with Crippen LogP contribution in [0.1, 0.15) is 51.0 Å². The van der Waals surface area contributed by atoms with Crippen LogP contribution in [0, 0.1) is 5.92 Å². The molecule has 0 aromatic heterocycles. The van der Waals surface area contributed by atoms with E-state index in [0.29, 0.717) is 12.5 Å². The van der Waals surface area contributed by atoms with E-state index >= 15 is 0 Å². The van der Waals surface area contributed by atoms with Crippen molar-refractivity contribution in [2.75, 3.05) is 46.4 Å². The van der Waals surface area contributed by atoms with Gasteiger partial charge in [0.15, 0.2) is 5.96 Å². The van der Waals surface area contributed by atoms with Gasteiger partial charge in [-0.05, 0) is 57.7 Å². The molecule has 0 saturated carbocycles. The molecule has 2 aliphatic rings. The van der Waals surface area contributed by atoms with E-state index in [1.807, 2.05) is 13.1 Å². The summed E-state index contributed by atoms with van der Waals surface area (Å²) in [5.41, 5.74) is 1.25. The van der Waals surface area contributed by atoms with Gasteiger partial charge in [-0.2, -0.15) is 0 Å². The summed E-state index contributed by atoms with van der Waals surface area (Å²) in [7, 11) is 1.90. The maximum absolute atomic E-state index is 5.95. The largest absolute Gasteiger partial charge is 0.376 e. The molecule has 0 spiro atoms. The van der Waals surface area contributed by atoms with E-state index < -0.39 is 0 Å². The Morgan fingerprint density at radius 2 is 1.97 bits per heavy atom. The van der Waals surface area contributed by atoms with E-state index in [4.69, 9.17) is 4.74 Å². The molecule has 2 atom stereocenters. The van der Waals surface area contributed by atoms with Gasteiger partial charge in [-0.1, -0.05) is 36.8 Å². The standard InChI is InChI=1S/C24H40N4O.HI/c1-21-10-6-8-15-27(21)16-9-7-14-26-24(25-2)28-17-13-23(18-28)20-29-19-22-11-4-3-5-12-22;/h3-5,11-12,21,23H,6-10,13-20H2,1-2H3,(H,25,26);1H. The van der Waals surface area contributed by atoms with E-state index in [2.05, 4.69) is 51.3 Å². The summed E-state index contributed by atoms with van der Waals surface area (Å²) >= 11 is 0. The molecule has 1 aromatic rings. The van der Waals surface area contributed by atoms with Crippen molar-refractivity contribution in [3.05, 3.63) is 35.9 Å². The Hall–Kier alpha value is -0.860. The summed E-state index contributed by atoms with van der Waals surface area (Å²) in [6.45, 7) is 9.58. The lowest BCUT2D eigenvalue weighted by Crippen LogP contribution is -2.41. The van der Waals surface area contributed by atoms with Crippen molar-refractivity contribution < 1.29 is 4.74 Å². The normalized spacial score (nSPS) is 22.7. The molecule has 0 radical (unpaired) electrons. The maximum Gasteiger partial charge on any atom is 0.193 e. The predicted octanol–water partition coefficient (Wildman–Crippen LogP) is 4.37. The third-order valence-electron chi connectivity index (χ3n) is 6.36. The lowest BCUT2D eigenvalue weighted by atomic mass is 10.0. The second kappa shape index (κ2) is 14.2.